The smallest absolute Gasteiger partial charge is 0.385 e. The maximum atomic E-state index is 13.5. The Balaban J connectivity index is 1.83. The highest BCUT2D eigenvalue weighted by atomic mass is 35.5. The molecule has 2 N–H and O–H groups in total. The van der Waals surface area contributed by atoms with Gasteiger partial charge in [0.1, 0.15) is 17.1 Å². The molecule has 0 saturated carbocycles. The number of benzene rings is 2. The van der Waals surface area contributed by atoms with Gasteiger partial charge >= 0.3 is 11.9 Å². The first kappa shape index (κ1) is 28.1. The third kappa shape index (κ3) is 5.59. The molecule has 0 spiro atoms. The van der Waals surface area contributed by atoms with Gasteiger partial charge in [-0.05, 0) is 37.3 Å². The van der Waals surface area contributed by atoms with Gasteiger partial charge in [0.2, 0.25) is 0 Å². The van der Waals surface area contributed by atoms with E-state index in [1.165, 1.54) is 37.3 Å². The Morgan fingerprint density at radius 2 is 1.68 bits per heavy atom. The molecule has 0 unspecified atom stereocenters. The highest BCUT2D eigenvalue weighted by Gasteiger charge is 2.39. The monoisotopic (exact) mass is 593 g/mol. The average molecular weight is 595 g/mol. The van der Waals surface area contributed by atoms with Crippen molar-refractivity contribution in [3.63, 3.8) is 0 Å². The summed E-state index contributed by atoms with van der Waals surface area (Å²) in [6.45, 7) is -0.146. The van der Waals surface area contributed by atoms with E-state index in [1.54, 1.807) is 0 Å². The molecular formula is C23H18Cl3F4N5O3. The largest absolute Gasteiger partial charge is 0.416 e. The normalized spacial score (nSPS) is 13.6. The van der Waals surface area contributed by atoms with Gasteiger partial charge in [-0.3, -0.25) is 9.13 Å². The van der Waals surface area contributed by atoms with Crippen LogP contribution in [0.5, 0.6) is 0 Å². The summed E-state index contributed by atoms with van der Waals surface area (Å²) in [5, 5.41) is 24.2. The van der Waals surface area contributed by atoms with Crippen molar-refractivity contribution in [3.05, 3.63) is 85.6 Å². The molecule has 38 heavy (non-hydrogen) atoms. The fraction of sp³-hybridized carbons (Fsp3) is 0.261. The van der Waals surface area contributed by atoms with Gasteiger partial charge in [0.05, 0.1) is 29.5 Å². The number of nitrogens with zero attached hydrogens (tertiary/aromatic N) is 5. The number of rotatable bonds is 7. The predicted octanol–water partition coefficient (Wildman–Crippen LogP) is 5.02. The summed E-state index contributed by atoms with van der Waals surface area (Å²) in [5.74, 6) is -0.655. The second-order valence-corrected chi connectivity index (χ2v) is 9.45. The fourth-order valence-electron chi connectivity index (χ4n) is 3.71. The highest BCUT2D eigenvalue weighted by molar-refractivity contribution is 6.32. The number of hydrogen-bond donors (Lipinski definition) is 2. The third-order valence-corrected chi connectivity index (χ3v) is 6.44. The van der Waals surface area contributed by atoms with Crippen LogP contribution in [0.1, 0.15) is 24.7 Å². The molecule has 2 aromatic carbocycles. The van der Waals surface area contributed by atoms with E-state index < -0.39 is 43.0 Å². The number of halogens is 7. The molecule has 2 heterocycles. The van der Waals surface area contributed by atoms with Crippen molar-refractivity contribution < 1.29 is 27.8 Å². The van der Waals surface area contributed by atoms with E-state index in [4.69, 9.17) is 34.8 Å². The minimum Gasteiger partial charge on any atom is -0.385 e. The molecule has 2 aromatic heterocycles. The lowest BCUT2D eigenvalue weighted by Gasteiger charge is -2.16. The molecular weight excluding hydrogens is 577 g/mol. The molecule has 0 aliphatic rings. The molecule has 0 amide bonds. The minimum absolute atomic E-state index is 0.00234. The molecule has 15 heteroatoms. The van der Waals surface area contributed by atoms with Gasteiger partial charge in [0.25, 0.3) is 0 Å². The maximum absolute atomic E-state index is 13.5. The zero-order valence-electron chi connectivity index (χ0n) is 19.3. The van der Waals surface area contributed by atoms with Crippen LogP contribution in [0.25, 0.3) is 16.9 Å². The summed E-state index contributed by atoms with van der Waals surface area (Å²) in [6, 6.07) is 9.32. The van der Waals surface area contributed by atoms with Crippen molar-refractivity contribution in [3.8, 4) is 16.9 Å². The first-order valence-electron chi connectivity index (χ1n) is 10.9. The highest BCUT2D eigenvalue weighted by Crippen LogP contribution is 2.31. The van der Waals surface area contributed by atoms with Gasteiger partial charge in [-0.2, -0.15) is 13.2 Å². The number of aliphatic hydroxyl groups excluding tert-OH is 2. The molecule has 4 aromatic rings. The second-order valence-electron chi connectivity index (χ2n) is 8.25. The molecule has 4 rings (SSSR count). The van der Waals surface area contributed by atoms with Gasteiger partial charge < -0.3 is 10.2 Å². The van der Waals surface area contributed by atoms with Crippen LogP contribution in [0.3, 0.4) is 0 Å². The SMILES string of the molecule is C[C@H](O)c1nc(Cn2c(Cl)c(-c3ccc(Cl)cc3)n(C[C@H](O)C(F)(F)F)c2=O)nn1-c1ccc(F)cc1Cl. The Hall–Kier alpha value is -2.90. The minimum atomic E-state index is -4.99. The van der Waals surface area contributed by atoms with Crippen LogP contribution in [0.4, 0.5) is 17.6 Å². The van der Waals surface area contributed by atoms with Crippen molar-refractivity contribution in [1.82, 2.24) is 23.9 Å². The second kappa shape index (κ2) is 10.7. The fourth-order valence-corrected chi connectivity index (χ4v) is 4.42. The first-order valence-corrected chi connectivity index (χ1v) is 12.0. The average Bonchev–Trinajstić information content (AvgIpc) is 3.34. The Labute approximate surface area is 227 Å². The number of aliphatic hydroxyl groups is 2. The molecule has 202 valence electrons. The number of alkyl halides is 3. The molecule has 0 aliphatic heterocycles. The van der Waals surface area contributed by atoms with Crippen molar-refractivity contribution in [2.75, 3.05) is 0 Å². The maximum Gasteiger partial charge on any atom is 0.416 e. The summed E-state index contributed by atoms with van der Waals surface area (Å²) in [6.07, 6.45) is -9.01. The Kier molecular flexibility index (Phi) is 7.91. The van der Waals surface area contributed by atoms with Crippen LogP contribution in [0, 0.1) is 5.82 Å². The lowest BCUT2D eigenvalue weighted by molar-refractivity contribution is -0.207. The van der Waals surface area contributed by atoms with Crippen molar-refractivity contribution in [1.29, 1.82) is 0 Å². The molecule has 0 aliphatic carbocycles. The van der Waals surface area contributed by atoms with Gasteiger partial charge in [-0.15, -0.1) is 5.10 Å². The van der Waals surface area contributed by atoms with Crippen LogP contribution < -0.4 is 5.69 Å². The van der Waals surface area contributed by atoms with E-state index in [0.717, 1.165) is 21.4 Å². The van der Waals surface area contributed by atoms with Crippen LogP contribution in [-0.2, 0) is 13.1 Å². The van der Waals surface area contributed by atoms with Gasteiger partial charge in [-0.1, -0.05) is 46.9 Å². The van der Waals surface area contributed by atoms with Crippen molar-refractivity contribution in [2.45, 2.75) is 38.4 Å². The Bertz CT molecular complexity index is 1530. The van der Waals surface area contributed by atoms with Crippen molar-refractivity contribution in [2.24, 2.45) is 0 Å². The quantitative estimate of drug-likeness (QED) is 0.293. The van der Waals surface area contributed by atoms with Crippen LogP contribution in [-0.4, -0.2) is 46.4 Å². The van der Waals surface area contributed by atoms with Crippen LogP contribution in [0.15, 0.2) is 47.3 Å². The van der Waals surface area contributed by atoms with Gasteiger partial charge in [0, 0.05) is 10.6 Å². The van der Waals surface area contributed by atoms with E-state index in [9.17, 15) is 32.6 Å². The summed E-state index contributed by atoms with van der Waals surface area (Å²) in [5.41, 5.74) is -0.605. The van der Waals surface area contributed by atoms with E-state index in [0.29, 0.717) is 9.59 Å². The molecule has 0 fully saturated rings. The van der Waals surface area contributed by atoms with Gasteiger partial charge in [-0.25, -0.2) is 18.9 Å². The lowest BCUT2D eigenvalue weighted by atomic mass is 10.1. The van der Waals surface area contributed by atoms with E-state index in [1.807, 2.05) is 0 Å². The topological polar surface area (TPSA) is 98.1 Å². The van der Waals surface area contributed by atoms with E-state index >= 15 is 0 Å². The molecule has 8 nitrogen and oxygen atoms in total. The van der Waals surface area contributed by atoms with Gasteiger partial charge in [0.15, 0.2) is 17.8 Å². The summed E-state index contributed by atoms with van der Waals surface area (Å²) in [7, 11) is 0. The zero-order chi connectivity index (χ0) is 27.9. The molecule has 0 radical (unpaired) electrons. The van der Waals surface area contributed by atoms with E-state index in [2.05, 4.69) is 10.1 Å². The Morgan fingerprint density at radius 3 is 2.26 bits per heavy atom. The van der Waals surface area contributed by atoms with Crippen LogP contribution >= 0.6 is 34.8 Å². The molecule has 0 bridgehead atoms. The van der Waals surface area contributed by atoms with E-state index in [-0.39, 0.29) is 38.8 Å². The van der Waals surface area contributed by atoms with Crippen LogP contribution in [0.2, 0.25) is 15.2 Å². The first-order chi connectivity index (χ1) is 17.8. The molecule has 2 atom stereocenters. The predicted molar refractivity (Wildman–Crippen MR) is 132 cm³/mol. The van der Waals surface area contributed by atoms with Crippen molar-refractivity contribution >= 4 is 34.8 Å². The summed E-state index contributed by atoms with van der Waals surface area (Å²) >= 11 is 18.5. The summed E-state index contributed by atoms with van der Waals surface area (Å²) in [4.78, 5) is 17.5. The molecule has 0 saturated heterocycles. The Morgan fingerprint density at radius 1 is 1.03 bits per heavy atom. The number of imidazole rings is 1. The number of aromatic nitrogens is 5. The third-order valence-electron chi connectivity index (χ3n) is 5.50. The summed E-state index contributed by atoms with van der Waals surface area (Å²) < 4.78 is 55.8. The number of hydrogen-bond acceptors (Lipinski definition) is 5. The zero-order valence-corrected chi connectivity index (χ0v) is 21.6. The standard InChI is InChI=1S/C23H18Cl3F4N5O3/c1-11(36)21-31-18(32-35(21)16-7-6-14(27)8-15(16)25)10-34-20(26)19(12-2-4-13(24)5-3-12)33(22(34)38)9-17(37)23(28,29)30/h2-8,11,17,36-37H,9-10H2,1H3/t11-,17-/m0/s1. The lowest BCUT2D eigenvalue weighted by Crippen LogP contribution is -2.37.